The lowest BCUT2D eigenvalue weighted by Gasteiger charge is -2.21. The molecule has 0 aromatic rings. The lowest BCUT2D eigenvalue weighted by Crippen LogP contribution is -2.47. The summed E-state index contributed by atoms with van der Waals surface area (Å²) < 4.78 is 23.3. The minimum absolute atomic E-state index is 0.0826. The zero-order valence-electron chi connectivity index (χ0n) is 8.97. The second-order valence-electron chi connectivity index (χ2n) is 3.54. The predicted octanol–water partition coefficient (Wildman–Crippen LogP) is -0.761. The molecule has 6 nitrogen and oxygen atoms in total. The van der Waals surface area contributed by atoms with Gasteiger partial charge in [-0.15, -0.1) is 6.58 Å². The van der Waals surface area contributed by atoms with E-state index in [0.717, 1.165) is 6.26 Å². The highest BCUT2D eigenvalue weighted by Crippen LogP contribution is 2.21. The number of hydrogen-bond donors (Lipinski definition) is 1. The Bertz CT molecular complexity index is 415. The van der Waals surface area contributed by atoms with Gasteiger partial charge in [0.25, 0.3) is 0 Å². The minimum Gasteiger partial charge on any atom is -0.351 e. The van der Waals surface area contributed by atoms with Crippen LogP contribution in [-0.2, 0) is 19.6 Å². The summed E-state index contributed by atoms with van der Waals surface area (Å²) in [6, 6.07) is -0.914. The van der Waals surface area contributed by atoms with E-state index >= 15 is 0 Å². The summed E-state index contributed by atoms with van der Waals surface area (Å²) in [5, 5.41) is 2.48. The molecule has 0 radical (unpaired) electrons. The first-order chi connectivity index (χ1) is 7.38. The van der Waals surface area contributed by atoms with E-state index < -0.39 is 27.9 Å². The van der Waals surface area contributed by atoms with E-state index in [0.29, 0.717) is 4.31 Å². The standard InChI is InChI=1S/C9H14N2O4S/c1-3-6-10-9(13)7-4-5-8(12)11(7)16(2,14)15/h3,7H,1,4-6H2,2H3,(H,10,13). The summed E-state index contributed by atoms with van der Waals surface area (Å²) in [6.07, 6.45) is 2.72. The number of carbonyl (C=O) groups excluding carboxylic acids is 2. The fraction of sp³-hybridized carbons (Fsp3) is 0.556. The largest absolute Gasteiger partial charge is 0.351 e. The van der Waals surface area contributed by atoms with E-state index in [1.165, 1.54) is 6.08 Å². The van der Waals surface area contributed by atoms with Gasteiger partial charge in [-0.25, -0.2) is 12.7 Å². The Labute approximate surface area is 94.4 Å². The molecule has 1 N–H and O–H groups in total. The number of hydrogen-bond acceptors (Lipinski definition) is 4. The van der Waals surface area contributed by atoms with Crippen LogP contribution in [-0.4, -0.2) is 43.4 Å². The van der Waals surface area contributed by atoms with Gasteiger partial charge in [0.1, 0.15) is 6.04 Å². The van der Waals surface area contributed by atoms with Gasteiger partial charge in [-0.2, -0.15) is 0 Å². The van der Waals surface area contributed by atoms with Crippen molar-refractivity contribution >= 4 is 21.8 Å². The van der Waals surface area contributed by atoms with Crippen molar-refractivity contribution < 1.29 is 18.0 Å². The van der Waals surface area contributed by atoms with Gasteiger partial charge in [-0.3, -0.25) is 9.59 Å². The third-order valence-corrected chi connectivity index (χ3v) is 3.41. The molecule has 1 saturated heterocycles. The van der Waals surface area contributed by atoms with Crippen LogP contribution in [0.3, 0.4) is 0 Å². The molecule has 1 aliphatic heterocycles. The van der Waals surface area contributed by atoms with Crippen molar-refractivity contribution in [2.24, 2.45) is 0 Å². The molecule has 1 fully saturated rings. The molecular formula is C9H14N2O4S. The maximum Gasteiger partial charge on any atom is 0.244 e. The van der Waals surface area contributed by atoms with Gasteiger partial charge in [0.05, 0.1) is 6.26 Å². The van der Waals surface area contributed by atoms with E-state index in [1.807, 2.05) is 0 Å². The molecule has 0 spiro atoms. The first-order valence-electron chi connectivity index (χ1n) is 4.78. The summed E-state index contributed by atoms with van der Waals surface area (Å²) in [5.41, 5.74) is 0. The van der Waals surface area contributed by atoms with Gasteiger partial charge >= 0.3 is 0 Å². The van der Waals surface area contributed by atoms with Gasteiger partial charge in [0, 0.05) is 13.0 Å². The fourth-order valence-corrected chi connectivity index (χ4v) is 2.73. The maximum atomic E-state index is 11.6. The van der Waals surface area contributed by atoms with Crippen LogP contribution in [0.15, 0.2) is 12.7 Å². The van der Waals surface area contributed by atoms with E-state index in [9.17, 15) is 18.0 Å². The lowest BCUT2D eigenvalue weighted by atomic mass is 10.2. The average Bonchev–Trinajstić information content (AvgIpc) is 2.56. The second kappa shape index (κ2) is 4.65. The topological polar surface area (TPSA) is 83.6 Å². The predicted molar refractivity (Wildman–Crippen MR) is 57.9 cm³/mol. The van der Waals surface area contributed by atoms with E-state index in [4.69, 9.17) is 0 Å². The molecule has 0 aliphatic carbocycles. The van der Waals surface area contributed by atoms with Crippen molar-refractivity contribution in [1.82, 2.24) is 9.62 Å². The monoisotopic (exact) mass is 246 g/mol. The first kappa shape index (κ1) is 12.7. The lowest BCUT2D eigenvalue weighted by molar-refractivity contribution is -0.130. The summed E-state index contributed by atoms with van der Waals surface area (Å²) in [5.74, 6) is -0.988. The number of nitrogens with one attached hydrogen (secondary N) is 1. The van der Waals surface area contributed by atoms with Crippen LogP contribution in [0, 0.1) is 0 Å². The number of amides is 2. The summed E-state index contributed by atoms with van der Waals surface area (Å²) in [4.78, 5) is 22.9. The van der Waals surface area contributed by atoms with Crippen molar-refractivity contribution in [3.8, 4) is 0 Å². The van der Waals surface area contributed by atoms with Crippen molar-refractivity contribution in [3.63, 3.8) is 0 Å². The van der Waals surface area contributed by atoms with Crippen LogP contribution in [0.1, 0.15) is 12.8 Å². The Hall–Kier alpha value is -1.37. The van der Waals surface area contributed by atoms with Gasteiger partial charge in [0.15, 0.2) is 0 Å². The SMILES string of the molecule is C=CCNC(=O)C1CCC(=O)N1S(C)(=O)=O. The highest BCUT2D eigenvalue weighted by molar-refractivity contribution is 7.89. The van der Waals surface area contributed by atoms with E-state index in [1.54, 1.807) is 0 Å². The van der Waals surface area contributed by atoms with Crippen LogP contribution < -0.4 is 5.32 Å². The zero-order chi connectivity index (χ0) is 12.3. The third-order valence-electron chi connectivity index (χ3n) is 2.24. The summed E-state index contributed by atoms with van der Waals surface area (Å²) >= 11 is 0. The number of nitrogens with zero attached hydrogens (tertiary/aromatic N) is 1. The number of rotatable bonds is 4. The molecule has 1 unspecified atom stereocenters. The van der Waals surface area contributed by atoms with Gasteiger partial charge in [-0.1, -0.05) is 6.08 Å². The summed E-state index contributed by atoms with van der Waals surface area (Å²) in [7, 11) is -3.67. The summed E-state index contributed by atoms with van der Waals surface area (Å²) in [6.45, 7) is 3.68. The highest BCUT2D eigenvalue weighted by atomic mass is 32.2. The molecule has 16 heavy (non-hydrogen) atoms. The smallest absolute Gasteiger partial charge is 0.244 e. The van der Waals surface area contributed by atoms with Crippen molar-refractivity contribution in [2.45, 2.75) is 18.9 Å². The normalized spacial score (nSPS) is 20.9. The highest BCUT2D eigenvalue weighted by Gasteiger charge is 2.41. The molecule has 1 heterocycles. The van der Waals surface area contributed by atoms with Gasteiger partial charge < -0.3 is 5.32 Å². The van der Waals surface area contributed by atoms with E-state index in [2.05, 4.69) is 11.9 Å². The van der Waals surface area contributed by atoms with Crippen LogP contribution in [0.2, 0.25) is 0 Å². The Morgan fingerprint density at radius 3 is 2.81 bits per heavy atom. The van der Waals surface area contributed by atoms with E-state index in [-0.39, 0.29) is 19.4 Å². The molecule has 2 amide bonds. The Balaban J connectivity index is 2.84. The molecule has 0 aromatic carbocycles. The Morgan fingerprint density at radius 1 is 1.69 bits per heavy atom. The van der Waals surface area contributed by atoms with Crippen molar-refractivity contribution in [1.29, 1.82) is 0 Å². The quantitative estimate of drug-likeness (QED) is 0.661. The molecule has 0 aromatic heterocycles. The molecule has 0 saturated carbocycles. The molecule has 1 atom stereocenters. The van der Waals surface area contributed by atoms with Gasteiger partial charge in [0.2, 0.25) is 21.8 Å². The second-order valence-corrected chi connectivity index (χ2v) is 5.40. The number of sulfonamides is 1. The molecule has 0 bridgehead atoms. The molecular weight excluding hydrogens is 232 g/mol. The van der Waals surface area contributed by atoms with Crippen molar-refractivity contribution in [2.75, 3.05) is 12.8 Å². The van der Waals surface area contributed by atoms with Crippen LogP contribution in [0.5, 0.6) is 0 Å². The molecule has 90 valence electrons. The Kier molecular flexibility index (Phi) is 3.69. The van der Waals surface area contributed by atoms with Crippen LogP contribution in [0.25, 0.3) is 0 Å². The molecule has 1 aliphatic rings. The zero-order valence-corrected chi connectivity index (χ0v) is 9.79. The van der Waals surface area contributed by atoms with Crippen LogP contribution in [0.4, 0.5) is 0 Å². The van der Waals surface area contributed by atoms with Crippen LogP contribution >= 0.6 is 0 Å². The van der Waals surface area contributed by atoms with Crippen molar-refractivity contribution in [3.05, 3.63) is 12.7 Å². The minimum atomic E-state index is -3.67. The van der Waals surface area contributed by atoms with Gasteiger partial charge in [-0.05, 0) is 6.42 Å². The maximum absolute atomic E-state index is 11.6. The first-order valence-corrected chi connectivity index (χ1v) is 6.63. The average molecular weight is 246 g/mol. The third kappa shape index (κ3) is 2.60. The Morgan fingerprint density at radius 2 is 2.31 bits per heavy atom. The molecule has 1 rings (SSSR count). The molecule has 7 heteroatoms. The number of carbonyl (C=O) groups is 2. The fourth-order valence-electron chi connectivity index (χ4n) is 1.61.